The smallest absolute Gasteiger partial charge is 0.358 e. The molecule has 14 heteroatoms. The minimum absolute atomic E-state index is 0.0117. The van der Waals surface area contributed by atoms with Crippen LogP contribution in [0.5, 0.6) is 0 Å². The van der Waals surface area contributed by atoms with E-state index in [2.05, 4.69) is 20.6 Å². The molecule has 0 aliphatic carbocycles. The summed E-state index contributed by atoms with van der Waals surface area (Å²) in [6, 6.07) is 0. The maximum absolute atomic E-state index is 11.9. The first-order chi connectivity index (χ1) is 12.2. The van der Waals surface area contributed by atoms with Gasteiger partial charge >= 0.3 is 35.1 Å². The van der Waals surface area contributed by atoms with E-state index in [0.717, 1.165) is 12.4 Å². The molecule has 2 aromatic rings. The van der Waals surface area contributed by atoms with Gasteiger partial charge in [-0.3, -0.25) is 9.59 Å². The molecule has 0 radical (unpaired) electrons. The van der Waals surface area contributed by atoms with E-state index in [-0.39, 0.29) is 24.7 Å². The first kappa shape index (κ1) is 18.5. The molecule has 26 heavy (non-hydrogen) atoms. The molecule has 0 atom stereocenters. The summed E-state index contributed by atoms with van der Waals surface area (Å²) in [5.74, 6) is -2.51. The van der Waals surface area contributed by atoms with Crippen molar-refractivity contribution in [1.82, 2.24) is 29.7 Å². The molecule has 0 saturated carbocycles. The number of imidazole rings is 2. The predicted octanol–water partition coefficient (Wildman–Crippen LogP) is -0.870. The Bertz CT molecular complexity index is 812. The number of carbonyl (C=O) groups excluding carboxylic acids is 2. The van der Waals surface area contributed by atoms with E-state index in [0.29, 0.717) is 0 Å². The average Bonchev–Trinajstić information content (AvgIpc) is 3.14. The monoisotopic (exact) mass is 366 g/mol. The highest BCUT2D eigenvalue weighted by molar-refractivity contribution is 5.92. The van der Waals surface area contributed by atoms with Gasteiger partial charge in [0.2, 0.25) is 0 Å². The Morgan fingerprint density at radius 3 is 1.54 bits per heavy atom. The molecule has 0 aromatic carbocycles. The second-order valence-corrected chi connectivity index (χ2v) is 5.09. The van der Waals surface area contributed by atoms with Crippen LogP contribution in [0.25, 0.3) is 0 Å². The molecule has 0 bridgehead atoms. The Morgan fingerprint density at radius 2 is 1.27 bits per heavy atom. The van der Waals surface area contributed by atoms with E-state index in [1.165, 1.54) is 23.2 Å². The minimum Gasteiger partial charge on any atom is -0.358 e. The Labute approximate surface area is 145 Å². The van der Waals surface area contributed by atoms with Crippen molar-refractivity contribution in [2.45, 2.75) is 0 Å². The van der Waals surface area contributed by atoms with Crippen LogP contribution in [0.3, 0.4) is 0 Å². The molecule has 0 aliphatic rings. The maximum atomic E-state index is 11.9. The first-order valence-electron chi connectivity index (χ1n) is 7.12. The summed E-state index contributed by atoms with van der Waals surface area (Å²) >= 11 is 0. The lowest BCUT2D eigenvalue weighted by Crippen LogP contribution is -2.36. The van der Waals surface area contributed by atoms with Gasteiger partial charge in [-0.25, -0.2) is 0 Å². The number of aryl methyl sites for hydroxylation is 2. The number of rotatable bonds is 7. The molecular formula is C12H14N8O6. The van der Waals surface area contributed by atoms with Crippen molar-refractivity contribution < 1.29 is 19.4 Å². The van der Waals surface area contributed by atoms with E-state index < -0.39 is 33.3 Å². The van der Waals surface area contributed by atoms with Crippen LogP contribution in [0, 0.1) is 20.2 Å². The Morgan fingerprint density at radius 1 is 0.923 bits per heavy atom. The summed E-state index contributed by atoms with van der Waals surface area (Å²) in [7, 11) is 2.87. The largest absolute Gasteiger partial charge is 0.382 e. The van der Waals surface area contributed by atoms with Gasteiger partial charge in [-0.15, -0.1) is 0 Å². The lowest BCUT2D eigenvalue weighted by atomic mass is 10.5. The summed E-state index contributed by atoms with van der Waals surface area (Å²) in [5, 5.41) is 26.1. The van der Waals surface area contributed by atoms with Crippen LogP contribution in [0.4, 0.5) is 11.6 Å². The molecule has 0 aliphatic heterocycles. The molecular weight excluding hydrogens is 352 g/mol. The van der Waals surface area contributed by atoms with Crippen LogP contribution in [-0.4, -0.2) is 53.9 Å². The number of nitrogens with zero attached hydrogens (tertiary/aromatic N) is 6. The highest BCUT2D eigenvalue weighted by atomic mass is 16.6. The van der Waals surface area contributed by atoms with Crippen LogP contribution in [0.2, 0.25) is 0 Å². The van der Waals surface area contributed by atoms with Gasteiger partial charge < -0.3 is 40.0 Å². The number of amides is 2. The van der Waals surface area contributed by atoms with Crippen LogP contribution >= 0.6 is 0 Å². The zero-order valence-corrected chi connectivity index (χ0v) is 13.7. The molecule has 0 saturated heterocycles. The SMILES string of the molecule is Cn1cc([N+](=O)[O-])nc1C(=O)NCCNC(=O)c1nc([N+](=O)[O-])cn1C. The summed E-state index contributed by atoms with van der Waals surface area (Å²) in [6.45, 7) is 0.0233. The van der Waals surface area contributed by atoms with E-state index in [1.54, 1.807) is 0 Å². The van der Waals surface area contributed by atoms with Gasteiger partial charge in [-0.05, 0) is 19.8 Å². The number of aromatic nitrogens is 4. The van der Waals surface area contributed by atoms with Crippen LogP contribution in [-0.2, 0) is 14.1 Å². The highest BCUT2D eigenvalue weighted by Gasteiger charge is 2.24. The van der Waals surface area contributed by atoms with Gasteiger partial charge in [0.05, 0.1) is 0 Å². The van der Waals surface area contributed by atoms with Gasteiger partial charge in [-0.1, -0.05) is 0 Å². The number of nitrogens with one attached hydrogen (secondary N) is 2. The number of hydrogen-bond donors (Lipinski definition) is 2. The van der Waals surface area contributed by atoms with Crippen molar-refractivity contribution in [2.24, 2.45) is 14.1 Å². The van der Waals surface area contributed by atoms with Gasteiger partial charge in [0.25, 0.3) is 0 Å². The molecule has 0 unspecified atom stereocenters. The van der Waals surface area contributed by atoms with Crippen molar-refractivity contribution in [1.29, 1.82) is 0 Å². The van der Waals surface area contributed by atoms with Crippen LogP contribution in [0.15, 0.2) is 12.4 Å². The normalized spacial score (nSPS) is 10.4. The number of nitro groups is 2. The summed E-state index contributed by atoms with van der Waals surface area (Å²) in [4.78, 5) is 50.9. The minimum atomic E-state index is -0.719. The van der Waals surface area contributed by atoms with Crippen molar-refractivity contribution in [3.63, 3.8) is 0 Å². The van der Waals surface area contributed by atoms with Crippen molar-refractivity contribution in [3.05, 3.63) is 44.3 Å². The summed E-state index contributed by atoms with van der Waals surface area (Å²) in [5.41, 5.74) is 0. The molecule has 2 N–H and O–H groups in total. The van der Waals surface area contributed by atoms with Crippen molar-refractivity contribution in [2.75, 3.05) is 13.1 Å². The third-order valence-corrected chi connectivity index (χ3v) is 3.20. The predicted molar refractivity (Wildman–Crippen MR) is 84.4 cm³/mol. The van der Waals surface area contributed by atoms with E-state index >= 15 is 0 Å². The zero-order chi connectivity index (χ0) is 19.4. The Balaban J connectivity index is 1.86. The highest BCUT2D eigenvalue weighted by Crippen LogP contribution is 2.10. The van der Waals surface area contributed by atoms with E-state index in [9.17, 15) is 29.8 Å². The van der Waals surface area contributed by atoms with Gasteiger partial charge in [-0.2, -0.15) is 0 Å². The molecule has 2 heterocycles. The third-order valence-electron chi connectivity index (χ3n) is 3.20. The fourth-order valence-corrected chi connectivity index (χ4v) is 2.01. The lowest BCUT2D eigenvalue weighted by Gasteiger charge is -2.04. The molecule has 2 aromatic heterocycles. The van der Waals surface area contributed by atoms with Crippen LogP contribution in [0.1, 0.15) is 21.2 Å². The molecule has 14 nitrogen and oxygen atoms in total. The van der Waals surface area contributed by atoms with E-state index in [4.69, 9.17) is 0 Å². The molecule has 0 spiro atoms. The number of carbonyl (C=O) groups is 2. The molecule has 0 fully saturated rings. The number of hydrogen-bond acceptors (Lipinski definition) is 8. The Kier molecular flexibility index (Phi) is 5.24. The quantitative estimate of drug-likeness (QED) is 0.360. The summed E-state index contributed by atoms with van der Waals surface area (Å²) in [6.07, 6.45) is 2.20. The van der Waals surface area contributed by atoms with Crippen LogP contribution < -0.4 is 10.6 Å². The Hall–Kier alpha value is -3.84. The standard InChI is InChI=1S/C12H14N8O6/c1-17-5-7(19(23)24)15-9(17)11(21)13-3-4-14-12(22)10-16-8(20(25)26)6-18(10)2/h5-6H,3-4H2,1-2H3,(H,13,21)(H,14,22). The fourth-order valence-electron chi connectivity index (χ4n) is 2.01. The van der Waals surface area contributed by atoms with Gasteiger partial charge in [0, 0.05) is 27.2 Å². The average molecular weight is 366 g/mol. The molecule has 138 valence electrons. The van der Waals surface area contributed by atoms with Crippen molar-refractivity contribution >= 4 is 23.5 Å². The second kappa shape index (κ2) is 7.37. The third kappa shape index (κ3) is 3.97. The van der Waals surface area contributed by atoms with Gasteiger partial charge in [0.1, 0.15) is 12.4 Å². The summed E-state index contributed by atoms with van der Waals surface area (Å²) < 4.78 is 2.41. The molecule has 2 rings (SSSR count). The lowest BCUT2D eigenvalue weighted by molar-refractivity contribution is -0.389. The molecule has 2 amide bonds. The van der Waals surface area contributed by atoms with E-state index in [1.807, 2.05) is 0 Å². The second-order valence-electron chi connectivity index (χ2n) is 5.09. The maximum Gasteiger partial charge on any atom is 0.382 e. The first-order valence-corrected chi connectivity index (χ1v) is 7.12. The van der Waals surface area contributed by atoms with Crippen molar-refractivity contribution in [3.8, 4) is 0 Å². The zero-order valence-electron chi connectivity index (χ0n) is 13.7. The topological polar surface area (TPSA) is 180 Å². The van der Waals surface area contributed by atoms with Gasteiger partial charge in [0.15, 0.2) is 0 Å². The fraction of sp³-hybridized carbons (Fsp3) is 0.333.